The number of ether oxygens (including phenoxy) is 2. The number of ketones is 1. The first-order valence-electron chi connectivity index (χ1n) is 15.3. The summed E-state index contributed by atoms with van der Waals surface area (Å²) in [6.07, 6.45) is 15.0. The van der Waals surface area contributed by atoms with Crippen LogP contribution < -0.4 is 9.47 Å². The van der Waals surface area contributed by atoms with E-state index in [9.17, 15) is 14.7 Å². The van der Waals surface area contributed by atoms with Crippen LogP contribution in [0.5, 0.6) is 11.5 Å². The maximum Gasteiger partial charge on any atom is 0.231 e. The number of amides is 1. The molecule has 1 aromatic carbocycles. The second-order valence-corrected chi connectivity index (χ2v) is 11.5. The van der Waals surface area contributed by atoms with Gasteiger partial charge < -0.3 is 19.5 Å². The van der Waals surface area contributed by atoms with Crippen molar-refractivity contribution in [1.82, 2.24) is 9.80 Å². The van der Waals surface area contributed by atoms with Crippen molar-refractivity contribution in [2.45, 2.75) is 96.6 Å². The lowest BCUT2D eigenvalue weighted by Gasteiger charge is -2.34. The predicted molar refractivity (Wildman–Crippen MR) is 153 cm³/mol. The molecule has 1 aromatic rings. The Morgan fingerprint density at radius 3 is 2.67 bits per heavy atom. The van der Waals surface area contributed by atoms with Crippen LogP contribution in [0.3, 0.4) is 0 Å². The third-order valence-electron chi connectivity index (χ3n) is 8.56. The summed E-state index contributed by atoms with van der Waals surface area (Å²) >= 11 is 0. The number of carbonyl (C=O) groups excluding carboxylic acids is 2. The minimum atomic E-state index is -0.386. The SMILES string of the molecule is CCCCC[C@H](O)/C=C/[C@H]1CCC(=O)[C@@H]1CCCCCCC(=O)N1CCN(Cc2ccc3c(c2)OCO3)CC1. The van der Waals surface area contributed by atoms with Gasteiger partial charge >= 0.3 is 0 Å². The summed E-state index contributed by atoms with van der Waals surface area (Å²) in [5.74, 6) is 2.68. The molecule has 216 valence electrons. The maximum absolute atomic E-state index is 12.7. The lowest BCUT2D eigenvalue weighted by atomic mass is 9.89. The first kappa shape index (κ1) is 29.6. The van der Waals surface area contributed by atoms with Crippen molar-refractivity contribution >= 4 is 11.7 Å². The highest BCUT2D eigenvalue weighted by molar-refractivity contribution is 5.83. The van der Waals surface area contributed by atoms with Gasteiger partial charge in [0, 0.05) is 51.5 Å². The second kappa shape index (κ2) is 15.4. The van der Waals surface area contributed by atoms with Crippen molar-refractivity contribution in [2.75, 3.05) is 33.0 Å². The summed E-state index contributed by atoms with van der Waals surface area (Å²) in [5.41, 5.74) is 1.21. The van der Waals surface area contributed by atoms with Gasteiger partial charge in [-0.05, 0) is 49.3 Å². The molecule has 0 aromatic heterocycles. The van der Waals surface area contributed by atoms with Gasteiger partial charge in [-0.2, -0.15) is 0 Å². The van der Waals surface area contributed by atoms with Gasteiger partial charge in [0.15, 0.2) is 11.5 Å². The Morgan fingerprint density at radius 2 is 1.85 bits per heavy atom. The minimum absolute atomic E-state index is 0.111. The van der Waals surface area contributed by atoms with E-state index in [-0.39, 0.29) is 23.8 Å². The van der Waals surface area contributed by atoms with Crippen LogP contribution in [-0.2, 0) is 16.1 Å². The summed E-state index contributed by atoms with van der Waals surface area (Å²) in [7, 11) is 0. The highest BCUT2D eigenvalue weighted by atomic mass is 16.7. The van der Waals surface area contributed by atoms with Crippen molar-refractivity contribution in [1.29, 1.82) is 0 Å². The number of benzene rings is 1. The van der Waals surface area contributed by atoms with Gasteiger partial charge in [-0.3, -0.25) is 14.5 Å². The molecule has 0 radical (unpaired) electrons. The molecule has 0 unspecified atom stereocenters. The van der Waals surface area contributed by atoms with E-state index in [1.54, 1.807) is 0 Å². The summed E-state index contributed by atoms with van der Waals surface area (Å²) in [5, 5.41) is 10.2. The van der Waals surface area contributed by atoms with E-state index < -0.39 is 0 Å². The predicted octanol–water partition coefficient (Wildman–Crippen LogP) is 5.49. The Morgan fingerprint density at radius 1 is 1.05 bits per heavy atom. The molecule has 1 amide bonds. The number of aliphatic hydroxyl groups is 1. The lowest BCUT2D eigenvalue weighted by Crippen LogP contribution is -2.48. The molecular formula is C32H48N2O5. The Kier molecular flexibility index (Phi) is 11.7. The number of piperazine rings is 1. The molecule has 1 saturated carbocycles. The van der Waals surface area contributed by atoms with Crippen LogP contribution in [0.4, 0.5) is 0 Å². The smallest absolute Gasteiger partial charge is 0.231 e. The normalized spacial score (nSPS) is 22.2. The third kappa shape index (κ3) is 9.07. The van der Waals surface area contributed by atoms with Gasteiger partial charge in [-0.1, -0.05) is 63.7 Å². The molecule has 1 saturated heterocycles. The molecule has 1 N–H and O–H groups in total. The van der Waals surface area contributed by atoms with Crippen LogP contribution in [0.1, 0.15) is 89.5 Å². The van der Waals surface area contributed by atoms with Crippen LogP contribution in [0.2, 0.25) is 0 Å². The van der Waals surface area contributed by atoms with E-state index in [0.29, 0.717) is 25.4 Å². The number of nitrogens with zero attached hydrogens (tertiary/aromatic N) is 2. The van der Waals surface area contributed by atoms with Crippen LogP contribution in [0.15, 0.2) is 30.4 Å². The fraction of sp³-hybridized carbons (Fsp3) is 0.688. The number of hydrogen-bond acceptors (Lipinski definition) is 6. The quantitative estimate of drug-likeness (QED) is 0.234. The number of rotatable bonds is 15. The number of Topliss-reactive ketones (excluding diaryl/α,β-unsaturated/α-hetero) is 1. The van der Waals surface area contributed by atoms with Crippen LogP contribution in [-0.4, -0.2) is 65.7 Å². The summed E-state index contributed by atoms with van der Waals surface area (Å²) in [4.78, 5) is 29.6. The second-order valence-electron chi connectivity index (χ2n) is 11.5. The monoisotopic (exact) mass is 540 g/mol. The highest BCUT2D eigenvalue weighted by Crippen LogP contribution is 2.34. The third-order valence-corrected chi connectivity index (χ3v) is 8.56. The molecule has 2 aliphatic heterocycles. The van der Waals surface area contributed by atoms with Gasteiger partial charge in [0.25, 0.3) is 0 Å². The first-order valence-corrected chi connectivity index (χ1v) is 15.3. The molecule has 2 heterocycles. The van der Waals surface area contributed by atoms with Gasteiger partial charge in [0.2, 0.25) is 12.7 Å². The van der Waals surface area contributed by atoms with Crippen molar-refractivity contribution in [3.8, 4) is 11.5 Å². The highest BCUT2D eigenvalue weighted by Gasteiger charge is 2.32. The molecule has 3 aliphatic rings. The van der Waals surface area contributed by atoms with Gasteiger partial charge in [-0.15, -0.1) is 0 Å². The molecule has 1 aliphatic carbocycles. The minimum Gasteiger partial charge on any atom is -0.454 e. The van der Waals surface area contributed by atoms with Crippen LogP contribution in [0, 0.1) is 11.8 Å². The van der Waals surface area contributed by atoms with E-state index in [2.05, 4.69) is 30.0 Å². The molecule has 4 rings (SSSR count). The van der Waals surface area contributed by atoms with Gasteiger partial charge in [0.05, 0.1) is 6.10 Å². The fourth-order valence-corrected chi connectivity index (χ4v) is 6.12. The molecule has 39 heavy (non-hydrogen) atoms. The van der Waals surface area contributed by atoms with E-state index in [0.717, 1.165) is 108 Å². The maximum atomic E-state index is 12.7. The Balaban J connectivity index is 1.06. The average Bonchev–Trinajstić information content (AvgIpc) is 3.55. The summed E-state index contributed by atoms with van der Waals surface area (Å²) in [6.45, 7) is 6.68. The zero-order valence-corrected chi connectivity index (χ0v) is 23.8. The van der Waals surface area contributed by atoms with Crippen molar-refractivity contribution in [3.05, 3.63) is 35.9 Å². The first-order chi connectivity index (χ1) is 19.0. The standard InChI is InChI=1S/C32H48N2O5/c1-2-3-6-9-27(35)15-13-26-14-16-29(36)28(26)10-7-4-5-8-11-32(37)34-20-18-33(19-21-34)23-25-12-17-30-31(22-25)39-24-38-30/h12-13,15,17,22,26-28,35H,2-11,14,16,18-21,23-24H2,1H3/b15-13+/t26-,27-,28+/m0/s1. The molecule has 3 atom stereocenters. The van der Waals surface area contributed by atoms with Crippen LogP contribution >= 0.6 is 0 Å². The Bertz CT molecular complexity index is 956. The Hall–Kier alpha value is -2.38. The van der Waals surface area contributed by atoms with Crippen molar-refractivity contribution < 1.29 is 24.2 Å². The molecule has 7 heteroatoms. The number of unbranched alkanes of at least 4 members (excludes halogenated alkanes) is 5. The van der Waals surface area contributed by atoms with Crippen molar-refractivity contribution in [3.63, 3.8) is 0 Å². The molecule has 0 bridgehead atoms. The number of carbonyl (C=O) groups is 2. The van der Waals surface area contributed by atoms with Gasteiger partial charge in [-0.25, -0.2) is 0 Å². The zero-order valence-electron chi connectivity index (χ0n) is 23.8. The average molecular weight is 541 g/mol. The van der Waals surface area contributed by atoms with E-state index >= 15 is 0 Å². The number of fused-ring (bicyclic) bond motifs is 1. The lowest BCUT2D eigenvalue weighted by molar-refractivity contribution is -0.133. The fourth-order valence-electron chi connectivity index (χ4n) is 6.12. The summed E-state index contributed by atoms with van der Waals surface area (Å²) in [6, 6.07) is 6.12. The molecule has 2 fully saturated rings. The number of aliphatic hydroxyl groups excluding tert-OH is 1. The topological polar surface area (TPSA) is 79.3 Å². The van der Waals surface area contributed by atoms with E-state index in [1.807, 2.05) is 17.0 Å². The zero-order chi connectivity index (χ0) is 27.5. The summed E-state index contributed by atoms with van der Waals surface area (Å²) < 4.78 is 10.9. The van der Waals surface area contributed by atoms with E-state index in [4.69, 9.17) is 9.47 Å². The molecular weight excluding hydrogens is 492 g/mol. The van der Waals surface area contributed by atoms with Crippen molar-refractivity contribution in [2.24, 2.45) is 11.8 Å². The molecule has 0 spiro atoms. The molecule has 7 nitrogen and oxygen atoms in total. The number of allylic oxidation sites excluding steroid dienone is 1. The largest absolute Gasteiger partial charge is 0.454 e. The number of hydrogen-bond donors (Lipinski definition) is 1. The van der Waals surface area contributed by atoms with Gasteiger partial charge in [0.1, 0.15) is 5.78 Å². The van der Waals surface area contributed by atoms with E-state index in [1.165, 1.54) is 5.56 Å². The van der Waals surface area contributed by atoms with Crippen LogP contribution in [0.25, 0.3) is 0 Å². The Labute approximate surface area is 234 Å².